The van der Waals surface area contributed by atoms with Crippen LogP contribution in [-0.2, 0) is 6.42 Å². The van der Waals surface area contributed by atoms with E-state index < -0.39 is 0 Å². The molecule has 3 aromatic rings. The van der Waals surface area contributed by atoms with Crippen LogP contribution in [0.15, 0.2) is 48.5 Å². The number of phenolic OH excluding ortho intramolecular Hbond substituents is 1. The zero-order valence-corrected chi connectivity index (χ0v) is 11.5. The second-order valence-corrected chi connectivity index (χ2v) is 4.79. The fourth-order valence-corrected chi connectivity index (χ4v) is 2.13. The van der Waals surface area contributed by atoms with Crippen molar-refractivity contribution in [3.8, 4) is 5.75 Å². The Morgan fingerprint density at radius 1 is 0.952 bits per heavy atom. The fraction of sp³-hybridized carbons (Fsp3) is 0.125. The van der Waals surface area contributed by atoms with E-state index in [2.05, 4.69) is 15.3 Å². The van der Waals surface area contributed by atoms with Crippen molar-refractivity contribution < 1.29 is 5.11 Å². The zero-order chi connectivity index (χ0) is 14.7. The molecular weight excluding hydrogens is 264 g/mol. The number of aromatic hydroxyl groups is 1. The highest BCUT2D eigenvalue weighted by molar-refractivity contribution is 5.79. The van der Waals surface area contributed by atoms with Crippen molar-refractivity contribution in [1.82, 2.24) is 9.97 Å². The maximum absolute atomic E-state index is 9.25. The lowest BCUT2D eigenvalue weighted by atomic mass is 10.1. The van der Waals surface area contributed by atoms with Crippen LogP contribution < -0.4 is 11.1 Å². The van der Waals surface area contributed by atoms with E-state index in [-0.39, 0.29) is 5.75 Å². The molecule has 0 bridgehead atoms. The molecule has 1 aromatic heterocycles. The molecule has 0 saturated carbocycles. The molecule has 4 N–H and O–H groups in total. The quantitative estimate of drug-likeness (QED) is 0.684. The predicted molar refractivity (Wildman–Crippen MR) is 84.3 cm³/mol. The Labute approximate surface area is 122 Å². The summed E-state index contributed by atoms with van der Waals surface area (Å²) in [6, 6.07) is 14.8. The van der Waals surface area contributed by atoms with E-state index in [9.17, 15) is 5.11 Å². The SMILES string of the molecule is Nc1nc2ccccc2nc1NCCc1ccc(O)cc1. The number of hydrogen-bond donors (Lipinski definition) is 3. The molecule has 21 heavy (non-hydrogen) atoms. The van der Waals surface area contributed by atoms with Crippen LogP contribution in [0.2, 0.25) is 0 Å². The highest BCUT2D eigenvalue weighted by Gasteiger charge is 2.05. The van der Waals surface area contributed by atoms with E-state index in [4.69, 9.17) is 5.73 Å². The van der Waals surface area contributed by atoms with Crippen molar-refractivity contribution in [2.75, 3.05) is 17.6 Å². The van der Waals surface area contributed by atoms with Gasteiger partial charge in [0.1, 0.15) is 5.75 Å². The van der Waals surface area contributed by atoms with Crippen LogP contribution in [-0.4, -0.2) is 21.6 Å². The maximum Gasteiger partial charge on any atom is 0.169 e. The number of rotatable bonds is 4. The number of nitrogens with zero attached hydrogens (tertiary/aromatic N) is 2. The summed E-state index contributed by atoms with van der Waals surface area (Å²) in [5.74, 6) is 1.28. The number of nitrogens with two attached hydrogens (primary N) is 1. The largest absolute Gasteiger partial charge is 0.508 e. The summed E-state index contributed by atoms with van der Waals surface area (Å²) in [4.78, 5) is 8.81. The van der Waals surface area contributed by atoms with Gasteiger partial charge >= 0.3 is 0 Å². The van der Waals surface area contributed by atoms with Gasteiger partial charge in [0.15, 0.2) is 11.6 Å². The average molecular weight is 280 g/mol. The molecule has 0 unspecified atom stereocenters. The molecule has 2 aromatic carbocycles. The fourth-order valence-electron chi connectivity index (χ4n) is 2.13. The van der Waals surface area contributed by atoms with E-state index in [0.717, 1.165) is 23.0 Å². The lowest BCUT2D eigenvalue weighted by Gasteiger charge is -2.09. The second-order valence-electron chi connectivity index (χ2n) is 4.79. The van der Waals surface area contributed by atoms with Crippen LogP contribution in [0.25, 0.3) is 11.0 Å². The molecule has 0 fully saturated rings. The van der Waals surface area contributed by atoms with Gasteiger partial charge in [-0.25, -0.2) is 9.97 Å². The van der Waals surface area contributed by atoms with Crippen LogP contribution in [0.5, 0.6) is 5.75 Å². The molecule has 5 heteroatoms. The summed E-state index contributed by atoms with van der Waals surface area (Å²) >= 11 is 0. The smallest absolute Gasteiger partial charge is 0.169 e. The third kappa shape index (κ3) is 3.02. The Bertz CT molecular complexity index is 756. The van der Waals surface area contributed by atoms with Gasteiger partial charge in [0.2, 0.25) is 0 Å². The zero-order valence-electron chi connectivity index (χ0n) is 11.5. The molecule has 0 spiro atoms. The molecule has 0 atom stereocenters. The normalized spacial score (nSPS) is 10.7. The van der Waals surface area contributed by atoms with Gasteiger partial charge in [0.25, 0.3) is 0 Å². The molecular formula is C16H16N4O. The number of anilines is 2. The lowest BCUT2D eigenvalue weighted by molar-refractivity contribution is 0.475. The number of para-hydroxylation sites is 2. The first-order chi connectivity index (χ1) is 10.2. The molecule has 0 aliphatic rings. The summed E-state index contributed by atoms with van der Waals surface area (Å²) in [5, 5.41) is 12.5. The first-order valence-corrected chi connectivity index (χ1v) is 6.76. The topological polar surface area (TPSA) is 84.1 Å². The van der Waals surface area contributed by atoms with Crippen LogP contribution in [0.3, 0.4) is 0 Å². The van der Waals surface area contributed by atoms with Gasteiger partial charge in [0, 0.05) is 6.54 Å². The summed E-state index contributed by atoms with van der Waals surface area (Å²) in [5.41, 5.74) is 8.66. The summed E-state index contributed by atoms with van der Waals surface area (Å²) in [6.07, 6.45) is 0.814. The number of fused-ring (bicyclic) bond motifs is 1. The third-order valence-corrected chi connectivity index (χ3v) is 3.24. The monoisotopic (exact) mass is 280 g/mol. The number of hydrogen-bond acceptors (Lipinski definition) is 5. The van der Waals surface area contributed by atoms with Crippen LogP contribution in [0.4, 0.5) is 11.6 Å². The van der Waals surface area contributed by atoms with Crippen molar-refractivity contribution >= 4 is 22.7 Å². The van der Waals surface area contributed by atoms with E-state index in [0.29, 0.717) is 18.2 Å². The molecule has 0 amide bonds. The Balaban J connectivity index is 1.70. The van der Waals surface area contributed by atoms with Crippen molar-refractivity contribution in [2.24, 2.45) is 0 Å². The van der Waals surface area contributed by atoms with Gasteiger partial charge in [-0.15, -0.1) is 0 Å². The third-order valence-electron chi connectivity index (χ3n) is 3.24. The molecule has 0 aliphatic heterocycles. The first-order valence-electron chi connectivity index (χ1n) is 6.76. The molecule has 1 heterocycles. The van der Waals surface area contributed by atoms with E-state index in [1.54, 1.807) is 12.1 Å². The molecule has 0 aliphatic carbocycles. The van der Waals surface area contributed by atoms with Crippen molar-refractivity contribution in [3.05, 3.63) is 54.1 Å². The Kier molecular flexibility index (Phi) is 3.55. The van der Waals surface area contributed by atoms with Gasteiger partial charge in [-0.05, 0) is 36.2 Å². The number of nitrogen functional groups attached to an aromatic ring is 1. The number of phenols is 1. The van der Waals surface area contributed by atoms with Gasteiger partial charge in [-0.2, -0.15) is 0 Å². The highest BCUT2D eigenvalue weighted by atomic mass is 16.3. The summed E-state index contributed by atoms with van der Waals surface area (Å²) < 4.78 is 0. The lowest BCUT2D eigenvalue weighted by Crippen LogP contribution is -2.09. The standard InChI is InChI=1S/C16H16N4O/c17-15-16(20-14-4-2-1-3-13(14)19-15)18-10-9-11-5-7-12(21)8-6-11/h1-8,21H,9-10H2,(H2,17,19)(H,18,20). The molecule has 5 nitrogen and oxygen atoms in total. The van der Waals surface area contributed by atoms with E-state index in [1.807, 2.05) is 36.4 Å². The average Bonchev–Trinajstić information content (AvgIpc) is 2.50. The summed E-state index contributed by atoms with van der Waals surface area (Å²) in [6.45, 7) is 0.696. The minimum atomic E-state index is 0.274. The second kappa shape index (κ2) is 5.66. The minimum absolute atomic E-state index is 0.274. The van der Waals surface area contributed by atoms with Gasteiger partial charge in [-0.3, -0.25) is 0 Å². The number of aromatic nitrogens is 2. The first kappa shape index (κ1) is 13.2. The van der Waals surface area contributed by atoms with Gasteiger partial charge in [-0.1, -0.05) is 24.3 Å². The van der Waals surface area contributed by atoms with Gasteiger partial charge in [0.05, 0.1) is 11.0 Å². The van der Waals surface area contributed by atoms with Crippen molar-refractivity contribution in [1.29, 1.82) is 0 Å². The molecule has 0 saturated heterocycles. The van der Waals surface area contributed by atoms with Crippen molar-refractivity contribution in [3.63, 3.8) is 0 Å². The Morgan fingerprint density at radius 2 is 1.62 bits per heavy atom. The highest BCUT2D eigenvalue weighted by Crippen LogP contribution is 2.18. The van der Waals surface area contributed by atoms with Crippen LogP contribution in [0, 0.1) is 0 Å². The van der Waals surface area contributed by atoms with E-state index in [1.165, 1.54) is 0 Å². The molecule has 3 rings (SSSR count). The van der Waals surface area contributed by atoms with E-state index >= 15 is 0 Å². The summed E-state index contributed by atoms with van der Waals surface area (Å²) in [7, 11) is 0. The number of benzene rings is 2. The maximum atomic E-state index is 9.25. The molecule has 0 radical (unpaired) electrons. The van der Waals surface area contributed by atoms with Crippen LogP contribution in [0.1, 0.15) is 5.56 Å². The predicted octanol–water partition coefficient (Wildman–Crippen LogP) is 2.57. The van der Waals surface area contributed by atoms with Gasteiger partial charge < -0.3 is 16.2 Å². The Morgan fingerprint density at radius 3 is 2.33 bits per heavy atom. The number of nitrogens with one attached hydrogen (secondary N) is 1. The Hall–Kier alpha value is -2.82. The van der Waals surface area contributed by atoms with Crippen LogP contribution >= 0.6 is 0 Å². The van der Waals surface area contributed by atoms with Crippen molar-refractivity contribution in [2.45, 2.75) is 6.42 Å². The minimum Gasteiger partial charge on any atom is -0.508 e. The molecule has 106 valence electrons.